The van der Waals surface area contributed by atoms with Crippen LogP contribution in [0.1, 0.15) is 27.9 Å². The number of pyridine rings is 1. The van der Waals surface area contributed by atoms with E-state index in [0.29, 0.717) is 37.6 Å². The predicted octanol–water partition coefficient (Wildman–Crippen LogP) is 3.76. The number of anilines is 1. The van der Waals surface area contributed by atoms with Gasteiger partial charge in [0.05, 0.1) is 5.56 Å². The number of alkyl halides is 3. The number of hydrogen-bond acceptors (Lipinski definition) is 3. The lowest BCUT2D eigenvalue weighted by atomic mass is 10.1. The predicted molar refractivity (Wildman–Crippen MR) is 93.2 cm³/mol. The summed E-state index contributed by atoms with van der Waals surface area (Å²) in [7, 11) is 0. The van der Waals surface area contributed by atoms with Crippen molar-refractivity contribution in [1.29, 1.82) is 0 Å². The van der Waals surface area contributed by atoms with Crippen LogP contribution in [0.5, 0.6) is 0 Å². The van der Waals surface area contributed by atoms with E-state index in [1.807, 2.05) is 36.1 Å². The number of rotatable bonds is 2. The minimum atomic E-state index is -4.39. The Labute approximate surface area is 150 Å². The number of nitrogens with zero attached hydrogens (tertiary/aromatic N) is 3. The third-order valence-corrected chi connectivity index (χ3v) is 4.48. The molecule has 1 aliphatic rings. The van der Waals surface area contributed by atoms with Crippen molar-refractivity contribution in [3.05, 3.63) is 59.3 Å². The van der Waals surface area contributed by atoms with Crippen molar-refractivity contribution in [3.8, 4) is 0 Å². The van der Waals surface area contributed by atoms with Gasteiger partial charge in [0.15, 0.2) is 0 Å². The second-order valence-corrected chi connectivity index (χ2v) is 6.40. The van der Waals surface area contributed by atoms with Crippen LogP contribution in [-0.4, -0.2) is 42.0 Å². The molecule has 7 heteroatoms. The molecule has 4 nitrogen and oxygen atoms in total. The minimum absolute atomic E-state index is 0.0211. The minimum Gasteiger partial charge on any atom is -0.355 e. The van der Waals surface area contributed by atoms with Gasteiger partial charge in [-0.05, 0) is 37.6 Å². The van der Waals surface area contributed by atoms with Crippen LogP contribution >= 0.6 is 0 Å². The maximum atomic E-state index is 12.7. The molecule has 3 rings (SSSR count). The van der Waals surface area contributed by atoms with E-state index >= 15 is 0 Å². The third-order valence-electron chi connectivity index (χ3n) is 4.48. The quantitative estimate of drug-likeness (QED) is 0.815. The van der Waals surface area contributed by atoms with Gasteiger partial charge in [0.2, 0.25) is 0 Å². The van der Waals surface area contributed by atoms with Crippen LogP contribution in [0.25, 0.3) is 0 Å². The van der Waals surface area contributed by atoms with Gasteiger partial charge >= 0.3 is 6.18 Å². The molecule has 2 heterocycles. The van der Waals surface area contributed by atoms with E-state index in [0.717, 1.165) is 24.2 Å². The zero-order valence-corrected chi connectivity index (χ0v) is 14.5. The summed E-state index contributed by atoms with van der Waals surface area (Å²) in [6.07, 6.45) is -2.79. The Balaban J connectivity index is 1.66. The van der Waals surface area contributed by atoms with Crippen LogP contribution in [0.4, 0.5) is 19.0 Å². The molecule has 0 unspecified atom stereocenters. The van der Waals surface area contributed by atoms with E-state index in [1.165, 1.54) is 6.07 Å². The van der Waals surface area contributed by atoms with Gasteiger partial charge in [0.1, 0.15) is 5.82 Å². The highest BCUT2D eigenvalue weighted by Gasteiger charge is 2.31. The summed E-state index contributed by atoms with van der Waals surface area (Å²) in [5.41, 5.74) is 0.987. The Bertz CT molecular complexity index is 757. The van der Waals surface area contributed by atoms with E-state index in [-0.39, 0.29) is 5.91 Å². The van der Waals surface area contributed by atoms with Gasteiger partial charge in [-0.25, -0.2) is 4.98 Å². The first-order valence-electron chi connectivity index (χ1n) is 8.49. The molecule has 0 aliphatic carbocycles. The van der Waals surface area contributed by atoms with Crippen molar-refractivity contribution in [3.63, 3.8) is 0 Å². The number of carbonyl (C=O) groups is 1. The molecule has 0 spiro atoms. The summed E-state index contributed by atoms with van der Waals surface area (Å²) < 4.78 is 38.0. The second-order valence-electron chi connectivity index (χ2n) is 6.40. The van der Waals surface area contributed by atoms with Crippen LogP contribution in [0.2, 0.25) is 0 Å². The highest BCUT2D eigenvalue weighted by Crippen LogP contribution is 2.29. The lowest BCUT2D eigenvalue weighted by Crippen LogP contribution is -2.35. The van der Waals surface area contributed by atoms with E-state index in [4.69, 9.17) is 0 Å². The third kappa shape index (κ3) is 4.15. The zero-order chi connectivity index (χ0) is 18.7. The molecule has 1 amide bonds. The van der Waals surface area contributed by atoms with Gasteiger partial charge in [-0.1, -0.05) is 17.7 Å². The van der Waals surface area contributed by atoms with Gasteiger partial charge in [-0.2, -0.15) is 13.2 Å². The fourth-order valence-corrected chi connectivity index (χ4v) is 2.97. The Hall–Kier alpha value is -2.57. The van der Waals surface area contributed by atoms with E-state index < -0.39 is 11.7 Å². The summed E-state index contributed by atoms with van der Waals surface area (Å²) in [6, 6.07) is 9.88. The molecular formula is C19H20F3N3O. The first kappa shape index (κ1) is 18.2. The van der Waals surface area contributed by atoms with Gasteiger partial charge in [-0.15, -0.1) is 0 Å². The van der Waals surface area contributed by atoms with Crippen molar-refractivity contribution in [2.75, 3.05) is 31.1 Å². The molecule has 0 radical (unpaired) electrons. The van der Waals surface area contributed by atoms with Crippen molar-refractivity contribution in [2.45, 2.75) is 19.5 Å². The molecule has 1 saturated heterocycles. The molecule has 0 N–H and O–H groups in total. The topological polar surface area (TPSA) is 36.4 Å². The molecule has 138 valence electrons. The molecule has 0 atom stereocenters. The highest BCUT2D eigenvalue weighted by molar-refractivity contribution is 5.94. The molecule has 1 aromatic carbocycles. The number of halogens is 3. The van der Waals surface area contributed by atoms with Crippen molar-refractivity contribution < 1.29 is 18.0 Å². The Morgan fingerprint density at radius 3 is 2.35 bits per heavy atom. The molecule has 1 fully saturated rings. The van der Waals surface area contributed by atoms with Crippen LogP contribution in [0, 0.1) is 6.92 Å². The zero-order valence-electron chi connectivity index (χ0n) is 14.5. The number of benzene rings is 1. The number of hydrogen-bond donors (Lipinski definition) is 0. The molecule has 1 aromatic heterocycles. The first-order valence-corrected chi connectivity index (χ1v) is 8.49. The normalized spacial score (nSPS) is 15.7. The van der Waals surface area contributed by atoms with E-state index in [2.05, 4.69) is 4.98 Å². The lowest BCUT2D eigenvalue weighted by molar-refractivity contribution is -0.137. The summed E-state index contributed by atoms with van der Waals surface area (Å²) in [5.74, 6) is 0.481. The average molecular weight is 363 g/mol. The van der Waals surface area contributed by atoms with Crippen LogP contribution < -0.4 is 4.90 Å². The maximum Gasteiger partial charge on any atom is 0.417 e. The number of carbonyl (C=O) groups excluding carboxylic acids is 1. The smallest absolute Gasteiger partial charge is 0.355 e. The lowest BCUT2D eigenvalue weighted by Gasteiger charge is -2.23. The molecule has 0 bridgehead atoms. The number of aryl methyl sites for hydroxylation is 1. The Morgan fingerprint density at radius 2 is 1.73 bits per heavy atom. The van der Waals surface area contributed by atoms with Crippen LogP contribution in [-0.2, 0) is 6.18 Å². The average Bonchev–Trinajstić information content (AvgIpc) is 2.87. The van der Waals surface area contributed by atoms with Crippen molar-refractivity contribution in [1.82, 2.24) is 9.88 Å². The fraction of sp³-hybridized carbons (Fsp3) is 0.368. The molecule has 2 aromatic rings. The molecule has 26 heavy (non-hydrogen) atoms. The highest BCUT2D eigenvalue weighted by atomic mass is 19.4. The van der Waals surface area contributed by atoms with Crippen molar-refractivity contribution in [2.24, 2.45) is 0 Å². The van der Waals surface area contributed by atoms with Gasteiger partial charge in [-0.3, -0.25) is 4.79 Å². The summed E-state index contributed by atoms with van der Waals surface area (Å²) in [5, 5.41) is 0. The largest absolute Gasteiger partial charge is 0.417 e. The summed E-state index contributed by atoms with van der Waals surface area (Å²) in [4.78, 5) is 20.3. The summed E-state index contributed by atoms with van der Waals surface area (Å²) in [6.45, 7) is 4.28. The van der Waals surface area contributed by atoms with E-state index in [1.54, 1.807) is 4.90 Å². The Morgan fingerprint density at radius 1 is 1.00 bits per heavy atom. The molecule has 1 aliphatic heterocycles. The fourth-order valence-electron chi connectivity index (χ4n) is 2.97. The Kier molecular flexibility index (Phi) is 5.15. The molecule has 0 saturated carbocycles. The van der Waals surface area contributed by atoms with Gasteiger partial charge < -0.3 is 9.80 Å². The van der Waals surface area contributed by atoms with Crippen molar-refractivity contribution >= 4 is 11.7 Å². The summed E-state index contributed by atoms with van der Waals surface area (Å²) >= 11 is 0. The van der Waals surface area contributed by atoms with Crippen LogP contribution in [0.15, 0.2) is 42.6 Å². The molecular weight excluding hydrogens is 343 g/mol. The van der Waals surface area contributed by atoms with Gasteiger partial charge in [0, 0.05) is 37.9 Å². The SMILES string of the molecule is Cc1ccc(C(=O)N2CCCN(c3ccc(C(F)(F)F)cn3)CC2)cc1. The number of aromatic nitrogens is 1. The maximum absolute atomic E-state index is 12.7. The number of amides is 1. The first-order chi connectivity index (χ1) is 12.3. The van der Waals surface area contributed by atoms with E-state index in [9.17, 15) is 18.0 Å². The monoisotopic (exact) mass is 363 g/mol. The standard InChI is InChI=1S/C19H20F3N3O/c1-14-3-5-15(6-4-14)18(26)25-10-2-9-24(11-12-25)17-8-7-16(13-23-17)19(20,21)22/h3-8,13H,2,9-12H2,1H3. The second kappa shape index (κ2) is 7.35. The van der Waals surface area contributed by atoms with Crippen LogP contribution in [0.3, 0.4) is 0 Å². The van der Waals surface area contributed by atoms with Gasteiger partial charge in [0.25, 0.3) is 5.91 Å².